The topological polar surface area (TPSA) is 194 Å². The van der Waals surface area contributed by atoms with Gasteiger partial charge >= 0.3 is 0 Å². The highest BCUT2D eigenvalue weighted by atomic mass is 35.5. The number of carbonyl (C=O) groups is 1. The summed E-state index contributed by atoms with van der Waals surface area (Å²) in [5.74, 6) is -13.0. The number of sulfonamides is 1. The van der Waals surface area contributed by atoms with Gasteiger partial charge in [-0.05, 0) is 66.3 Å². The molecule has 6 aromatic rings. The highest BCUT2D eigenvalue weighted by Crippen LogP contribution is 2.68. The Hall–Kier alpha value is -5.48. The fraction of sp³-hybridized carbons (Fsp3) is 0.324. The molecule has 1 fully saturated rings. The summed E-state index contributed by atoms with van der Waals surface area (Å²) in [4.78, 5) is 33.6. The van der Waals surface area contributed by atoms with Gasteiger partial charge in [0.15, 0.2) is 15.7 Å². The first kappa shape index (κ1) is 41.3. The SMILES string of the molecule is Cn1nc(NS(C)(=O)=O)c2c(Cl)ccc(-n3c([C@@H](Cc4cc(F)cc(F)c4)C(C(N)=O)n4nc(C(F)F)c5c4C(F)(F)[C@@H]4C[C@H]54)nc4cc(CS(C)(=O)=O)ccc4c3=O)c21. The summed E-state index contributed by atoms with van der Waals surface area (Å²) >= 11 is 6.59. The van der Waals surface area contributed by atoms with Crippen LogP contribution in [0.4, 0.5) is 32.2 Å². The lowest BCUT2D eigenvalue weighted by Gasteiger charge is -2.30. The molecular formula is C37H31ClF6N8O6S2. The lowest BCUT2D eigenvalue weighted by molar-refractivity contribution is -0.122. The molecule has 0 radical (unpaired) electrons. The minimum absolute atomic E-state index is 0.0235. The van der Waals surface area contributed by atoms with Gasteiger partial charge in [0.1, 0.15) is 34.9 Å². The number of carbonyl (C=O) groups excluding carboxylic acids is 1. The van der Waals surface area contributed by atoms with Crippen LogP contribution in [-0.4, -0.2) is 64.4 Å². The third-order valence-corrected chi connectivity index (χ3v) is 12.3. The number of aromatic nitrogens is 6. The van der Waals surface area contributed by atoms with Crippen LogP contribution in [0.1, 0.15) is 64.6 Å². The number of nitrogens with one attached hydrogen (secondary N) is 1. The van der Waals surface area contributed by atoms with Crippen LogP contribution in [-0.2, 0) is 49.8 Å². The third-order valence-electron chi connectivity index (χ3n) is 10.6. The number of halogens is 7. The van der Waals surface area contributed by atoms with E-state index in [0.717, 1.165) is 33.9 Å². The van der Waals surface area contributed by atoms with Crippen molar-refractivity contribution in [1.82, 2.24) is 29.1 Å². The molecule has 2 aliphatic rings. The van der Waals surface area contributed by atoms with Crippen LogP contribution in [0, 0.1) is 17.6 Å². The lowest BCUT2D eigenvalue weighted by atomic mass is 9.89. The average molecular weight is 897 g/mol. The molecule has 3 aromatic heterocycles. The Bertz CT molecular complexity index is 3100. The molecule has 14 nitrogen and oxygen atoms in total. The second-order valence-corrected chi connectivity index (χ2v) is 19.4. The van der Waals surface area contributed by atoms with E-state index in [0.29, 0.717) is 10.7 Å². The molecule has 3 aromatic carbocycles. The van der Waals surface area contributed by atoms with Crippen molar-refractivity contribution < 1.29 is 48.0 Å². The molecule has 0 saturated heterocycles. The summed E-state index contributed by atoms with van der Waals surface area (Å²) < 4.78 is 145. The molecule has 1 saturated carbocycles. The second kappa shape index (κ2) is 14.0. The Balaban J connectivity index is 1.50. The number of nitrogens with two attached hydrogens (primary N) is 1. The van der Waals surface area contributed by atoms with Crippen LogP contribution in [0.2, 0.25) is 5.02 Å². The van der Waals surface area contributed by atoms with E-state index in [2.05, 4.69) is 14.9 Å². The number of fused-ring (bicyclic) bond motifs is 5. The van der Waals surface area contributed by atoms with Gasteiger partial charge in [-0.1, -0.05) is 17.7 Å². The summed E-state index contributed by atoms with van der Waals surface area (Å²) in [6.07, 6.45) is -2.42. The monoisotopic (exact) mass is 896 g/mol. The molecule has 1 amide bonds. The molecule has 316 valence electrons. The van der Waals surface area contributed by atoms with Gasteiger partial charge in [0.05, 0.1) is 50.4 Å². The molecule has 3 N–H and O–H groups in total. The van der Waals surface area contributed by atoms with E-state index in [1.807, 2.05) is 0 Å². The van der Waals surface area contributed by atoms with Gasteiger partial charge in [0.25, 0.3) is 17.9 Å². The number of sulfone groups is 1. The minimum Gasteiger partial charge on any atom is -0.368 e. The fourth-order valence-corrected chi connectivity index (χ4v) is 9.86. The molecular weight excluding hydrogens is 866 g/mol. The van der Waals surface area contributed by atoms with Gasteiger partial charge < -0.3 is 5.73 Å². The second-order valence-electron chi connectivity index (χ2n) is 15.1. The van der Waals surface area contributed by atoms with Crippen LogP contribution in [0.15, 0.2) is 53.3 Å². The maximum absolute atomic E-state index is 16.2. The number of anilines is 1. The fourth-order valence-electron chi connectivity index (χ4n) is 8.34. The molecule has 0 aliphatic heterocycles. The van der Waals surface area contributed by atoms with Crippen molar-refractivity contribution in [2.45, 2.75) is 48.8 Å². The Morgan fingerprint density at radius 3 is 2.32 bits per heavy atom. The molecule has 8 rings (SSSR count). The molecule has 0 bridgehead atoms. The summed E-state index contributed by atoms with van der Waals surface area (Å²) in [5, 5.41) is 7.85. The highest BCUT2D eigenvalue weighted by Gasteiger charge is 2.67. The summed E-state index contributed by atoms with van der Waals surface area (Å²) in [7, 11) is -6.28. The van der Waals surface area contributed by atoms with E-state index in [4.69, 9.17) is 22.3 Å². The Morgan fingerprint density at radius 1 is 1.02 bits per heavy atom. The number of hydrogen-bond donors (Lipinski definition) is 2. The van der Waals surface area contributed by atoms with Crippen molar-refractivity contribution in [3.63, 3.8) is 0 Å². The van der Waals surface area contributed by atoms with Gasteiger partial charge in [-0.25, -0.2) is 44.1 Å². The number of amides is 1. The molecule has 2 aliphatic carbocycles. The Morgan fingerprint density at radius 2 is 1.70 bits per heavy atom. The van der Waals surface area contributed by atoms with Gasteiger partial charge in [-0.2, -0.15) is 19.0 Å². The number of primary amides is 1. The number of hydrogen-bond acceptors (Lipinski definition) is 9. The smallest absolute Gasteiger partial charge is 0.293 e. The van der Waals surface area contributed by atoms with Crippen LogP contribution < -0.4 is 16.0 Å². The van der Waals surface area contributed by atoms with Crippen LogP contribution in [0.25, 0.3) is 27.5 Å². The number of benzene rings is 3. The third kappa shape index (κ3) is 7.06. The molecule has 60 heavy (non-hydrogen) atoms. The largest absolute Gasteiger partial charge is 0.368 e. The first-order chi connectivity index (χ1) is 27.9. The minimum atomic E-state index is -3.98. The van der Waals surface area contributed by atoms with Gasteiger partial charge in [0, 0.05) is 30.9 Å². The number of rotatable bonds is 12. The zero-order chi connectivity index (χ0) is 43.5. The molecule has 4 atom stereocenters. The predicted molar refractivity (Wildman–Crippen MR) is 207 cm³/mol. The van der Waals surface area contributed by atoms with E-state index < -0.39 is 114 Å². The van der Waals surface area contributed by atoms with E-state index in [-0.39, 0.29) is 55.9 Å². The van der Waals surface area contributed by atoms with Gasteiger partial charge in [-0.15, -0.1) is 0 Å². The van der Waals surface area contributed by atoms with Gasteiger partial charge in [0.2, 0.25) is 15.9 Å². The van der Waals surface area contributed by atoms with Crippen molar-refractivity contribution in [1.29, 1.82) is 0 Å². The predicted octanol–water partition coefficient (Wildman–Crippen LogP) is 5.52. The van der Waals surface area contributed by atoms with E-state index >= 15 is 13.6 Å². The maximum Gasteiger partial charge on any atom is 0.293 e. The Kier molecular flexibility index (Phi) is 9.66. The number of alkyl halides is 4. The average Bonchev–Trinajstić information content (AvgIpc) is 3.64. The van der Waals surface area contributed by atoms with E-state index in [9.17, 15) is 39.2 Å². The molecule has 0 spiro atoms. The zero-order valence-electron chi connectivity index (χ0n) is 31.3. The molecule has 23 heteroatoms. The van der Waals surface area contributed by atoms with Crippen LogP contribution in [0.5, 0.6) is 0 Å². The summed E-state index contributed by atoms with van der Waals surface area (Å²) in [6.45, 7) is 0. The number of nitrogens with zero attached hydrogens (tertiary/aromatic N) is 6. The Labute approximate surface area is 340 Å². The lowest BCUT2D eigenvalue weighted by Crippen LogP contribution is -2.39. The van der Waals surface area contributed by atoms with E-state index in [1.54, 1.807) is 0 Å². The van der Waals surface area contributed by atoms with Gasteiger partial charge in [-0.3, -0.25) is 23.6 Å². The van der Waals surface area contributed by atoms with Crippen LogP contribution >= 0.6 is 11.6 Å². The quantitative estimate of drug-likeness (QED) is 0.149. The van der Waals surface area contributed by atoms with Crippen molar-refractivity contribution in [3.05, 3.63) is 109 Å². The maximum atomic E-state index is 16.2. The van der Waals surface area contributed by atoms with E-state index in [1.165, 1.54) is 37.4 Å². The first-order valence-corrected chi connectivity index (χ1v) is 22.2. The summed E-state index contributed by atoms with van der Waals surface area (Å²) in [6, 6.07) is 6.47. The zero-order valence-corrected chi connectivity index (χ0v) is 33.7. The van der Waals surface area contributed by atoms with Crippen LogP contribution in [0.3, 0.4) is 0 Å². The highest BCUT2D eigenvalue weighted by molar-refractivity contribution is 7.92. The number of aryl methyl sites for hydroxylation is 1. The molecule has 3 heterocycles. The van der Waals surface area contributed by atoms with Crippen molar-refractivity contribution in [2.24, 2.45) is 18.7 Å². The van der Waals surface area contributed by atoms with Crippen molar-refractivity contribution >= 4 is 65.0 Å². The summed E-state index contributed by atoms with van der Waals surface area (Å²) in [5.41, 5.74) is 2.14. The normalized spacial score (nSPS) is 18.2. The van der Waals surface area contributed by atoms with Crippen molar-refractivity contribution in [3.8, 4) is 5.69 Å². The van der Waals surface area contributed by atoms with Crippen molar-refractivity contribution in [2.75, 3.05) is 17.2 Å². The standard InChI is InChI=1S/C37H31ClF6N8O6S2/c1-50-30-25(7-6-23(38)27(30)34(48-50)49-60(3,57)58)51-35(46-24-11-15(14-59(2,55)56)4-5-19(24)36(51)54)21(10-16-8-17(39)12-18(40)9-16)29(33(45)53)52-31-26(28(47-52)32(41)42)20-13-22(20)37(31,43)44/h4-9,11-12,20-22,29,32H,10,13-14H2,1-3H3,(H2,45,53)(H,48,49)/t20-,21-,22+,29?/m0/s1. The first-order valence-electron chi connectivity index (χ1n) is 17.8. The molecule has 1 unspecified atom stereocenters.